The number of benzene rings is 3. The molecular formula is C37H50N4O2. The maximum absolute atomic E-state index is 13.7. The van der Waals surface area contributed by atoms with E-state index in [0.717, 1.165) is 45.3 Å². The van der Waals surface area contributed by atoms with Gasteiger partial charge in [0.25, 0.3) is 0 Å². The number of piperazine rings is 1. The Bertz CT molecular complexity index is 1260. The Morgan fingerprint density at radius 2 is 1.49 bits per heavy atom. The van der Waals surface area contributed by atoms with Crippen LogP contribution < -0.4 is 5.32 Å². The number of carbonyl (C=O) groups is 2. The van der Waals surface area contributed by atoms with Gasteiger partial charge in [0, 0.05) is 38.8 Å². The third kappa shape index (κ3) is 9.77. The van der Waals surface area contributed by atoms with Gasteiger partial charge in [0.15, 0.2) is 0 Å². The lowest BCUT2D eigenvalue weighted by molar-refractivity contribution is -0.162. The molecule has 0 unspecified atom stereocenters. The van der Waals surface area contributed by atoms with E-state index in [4.69, 9.17) is 0 Å². The zero-order valence-corrected chi connectivity index (χ0v) is 26.5. The summed E-state index contributed by atoms with van der Waals surface area (Å²) in [6.07, 6.45) is 3.66. The normalized spacial score (nSPS) is 16.4. The van der Waals surface area contributed by atoms with E-state index in [1.54, 1.807) is 0 Å². The first-order valence-corrected chi connectivity index (χ1v) is 16.0. The average Bonchev–Trinajstić information content (AvgIpc) is 3.01. The van der Waals surface area contributed by atoms with E-state index in [0.29, 0.717) is 19.6 Å². The quantitative estimate of drug-likeness (QED) is 0.174. The van der Waals surface area contributed by atoms with Crippen molar-refractivity contribution in [3.05, 3.63) is 107 Å². The third-order valence-corrected chi connectivity index (χ3v) is 8.64. The molecule has 0 aromatic heterocycles. The summed E-state index contributed by atoms with van der Waals surface area (Å²) >= 11 is 0. The highest BCUT2D eigenvalue weighted by Crippen LogP contribution is 2.23. The monoisotopic (exact) mass is 582 g/mol. The Morgan fingerprint density at radius 3 is 2.14 bits per heavy atom. The lowest BCUT2D eigenvalue weighted by Crippen LogP contribution is -2.64. The fourth-order valence-corrected chi connectivity index (χ4v) is 6.02. The van der Waals surface area contributed by atoms with Crippen LogP contribution in [0.5, 0.6) is 0 Å². The highest BCUT2D eigenvalue weighted by Gasteiger charge is 2.42. The molecular weight excluding hydrogens is 532 g/mol. The van der Waals surface area contributed by atoms with Gasteiger partial charge in [-0.3, -0.25) is 9.59 Å². The molecule has 3 aromatic carbocycles. The second kappa shape index (κ2) is 16.4. The zero-order valence-electron chi connectivity index (χ0n) is 26.5. The number of rotatable bonds is 16. The van der Waals surface area contributed by atoms with Crippen LogP contribution in [0.3, 0.4) is 0 Å². The molecule has 0 spiro atoms. The number of nitrogens with one attached hydrogen (secondary N) is 1. The van der Waals surface area contributed by atoms with Crippen molar-refractivity contribution < 1.29 is 9.59 Å². The van der Waals surface area contributed by atoms with Crippen LogP contribution in [0, 0.1) is 12.8 Å². The Kier molecular flexibility index (Phi) is 12.4. The minimum absolute atomic E-state index is 0.00396. The SMILES string of the molecule is Cc1ccc(CCN2C(=O)C(=O)N([C@@H](CCCCN(C)Cc3ccccc3)CNCc3ccccc3)C[C@@H]2C(C)C)cc1. The Morgan fingerprint density at radius 1 is 0.837 bits per heavy atom. The molecule has 0 bridgehead atoms. The second-order valence-corrected chi connectivity index (χ2v) is 12.5. The molecule has 4 rings (SSSR count). The molecule has 1 aliphatic rings. The molecule has 2 atom stereocenters. The summed E-state index contributed by atoms with van der Waals surface area (Å²) in [6.45, 7) is 10.9. The molecule has 0 radical (unpaired) electrons. The van der Waals surface area contributed by atoms with E-state index in [2.05, 4.69) is 105 Å². The predicted molar refractivity (Wildman–Crippen MR) is 175 cm³/mol. The number of amides is 2. The van der Waals surface area contributed by atoms with E-state index in [-0.39, 0.29) is 29.8 Å². The highest BCUT2D eigenvalue weighted by atomic mass is 16.2. The summed E-state index contributed by atoms with van der Waals surface area (Å²) in [5.41, 5.74) is 4.94. The van der Waals surface area contributed by atoms with Gasteiger partial charge in [0.1, 0.15) is 0 Å². The summed E-state index contributed by atoms with van der Waals surface area (Å²) in [5, 5.41) is 3.59. The van der Waals surface area contributed by atoms with Gasteiger partial charge < -0.3 is 20.0 Å². The van der Waals surface area contributed by atoms with E-state index in [1.165, 1.54) is 22.3 Å². The van der Waals surface area contributed by atoms with Crippen LogP contribution >= 0.6 is 0 Å². The summed E-state index contributed by atoms with van der Waals surface area (Å²) in [6, 6.07) is 29.3. The second-order valence-electron chi connectivity index (χ2n) is 12.5. The first kappa shape index (κ1) is 32.4. The van der Waals surface area contributed by atoms with Crippen molar-refractivity contribution in [2.24, 2.45) is 5.92 Å². The fourth-order valence-electron chi connectivity index (χ4n) is 6.02. The maximum atomic E-state index is 13.7. The van der Waals surface area contributed by atoms with Crippen LogP contribution in [-0.2, 0) is 29.1 Å². The number of hydrogen-bond acceptors (Lipinski definition) is 4. The molecule has 6 nitrogen and oxygen atoms in total. The van der Waals surface area contributed by atoms with Gasteiger partial charge in [-0.1, -0.05) is 111 Å². The number of hydrogen-bond donors (Lipinski definition) is 1. The molecule has 0 saturated carbocycles. The van der Waals surface area contributed by atoms with Crippen LogP contribution in [0.2, 0.25) is 0 Å². The molecule has 1 heterocycles. The van der Waals surface area contributed by atoms with Crippen LogP contribution in [0.1, 0.15) is 55.4 Å². The number of carbonyl (C=O) groups excluding carboxylic acids is 2. The Hall–Kier alpha value is -3.48. The predicted octanol–water partition coefficient (Wildman–Crippen LogP) is 5.69. The minimum Gasteiger partial charge on any atom is -0.329 e. The Labute approximate surface area is 259 Å². The van der Waals surface area contributed by atoms with Crippen LogP contribution in [0.4, 0.5) is 0 Å². The lowest BCUT2D eigenvalue weighted by atomic mass is 9.95. The number of unbranched alkanes of at least 4 members (excludes halogenated alkanes) is 1. The van der Waals surface area contributed by atoms with Crippen molar-refractivity contribution in [2.45, 2.75) is 71.6 Å². The van der Waals surface area contributed by atoms with Crippen LogP contribution in [-0.4, -0.2) is 71.8 Å². The van der Waals surface area contributed by atoms with Crippen molar-refractivity contribution >= 4 is 11.8 Å². The van der Waals surface area contributed by atoms with Gasteiger partial charge in [-0.15, -0.1) is 0 Å². The highest BCUT2D eigenvalue weighted by molar-refractivity contribution is 6.35. The summed E-state index contributed by atoms with van der Waals surface area (Å²) < 4.78 is 0. The molecule has 43 heavy (non-hydrogen) atoms. The van der Waals surface area contributed by atoms with Crippen molar-refractivity contribution in [1.82, 2.24) is 20.0 Å². The summed E-state index contributed by atoms with van der Waals surface area (Å²) in [7, 11) is 2.16. The first-order chi connectivity index (χ1) is 20.8. The topological polar surface area (TPSA) is 55.9 Å². The standard InChI is InChI=1S/C37H50N4O2/c1-29(2)35-28-41(37(43)36(42)40(35)24-22-31-20-18-30(3)19-21-31)34(26-38-25-32-13-7-5-8-14-32)17-11-12-23-39(4)27-33-15-9-6-10-16-33/h5-10,13-16,18-21,29,34-35,38H,11-12,17,22-28H2,1-4H3/t34-,35+/m0/s1. The van der Waals surface area contributed by atoms with E-state index in [1.807, 2.05) is 28.0 Å². The smallest absolute Gasteiger partial charge is 0.312 e. The largest absolute Gasteiger partial charge is 0.329 e. The van der Waals surface area contributed by atoms with Gasteiger partial charge in [-0.2, -0.15) is 0 Å². The van der Waals surface area contributed by atoms with Crippen molar-refractivity contribution in [2.75, 3.05) is 33.2 Å². The van der Waals surface area contributed by atoms with Gasteiger partial charge in [0.05, 0.1) is 6.04 Å². The molecule has 6 heteroatoms. The zero-order chi connectivity index (χ0) is 30.6. The molecule has 1 fully saturated rings. The molecule has 3 aromatic rings. The number of nitrogens with zero attached hydrogens (tertiary/aromatic N) is 3. The van der Waals surface area contributed by atoms with E-state index < -0.39 is 0 Å². The van der Waals surface area contributed by atoms with Gasteiger partial charge >= 0.3 is 11.8 Å². The first-order valence-electron chi connectivity index (χ1n) is 16.0. The number of aryl methyl sites for hydroxylation is 1. The van der Waals surface area contributed by atoms with Crippen molar-refractivity contribution in [1.29, 1.82) is 0 Å². The molecule has 1 N–H and O–H groups in total. The molecule has 0 aliphatic carbocycles. The molecule has 1 saturated heterocycles. The van der Waals surface area contributed by atoms with Crippen LogP contribution in [0.15, 0.2) is 84.9 Å². The van der Waals surface area contributed by atoms with Crippen molar-refractivity contribution in [3.63, 3.8) is 0 Å². The maximum Gasteiger partial charge on any atom is 0.312 e. The summed E-state index contributed by atoms with van der Waals surface area (Å²) in [5.74, 6) is -0.455. The average molecular weight is 583 g/mol. The molecule has 230 valence electrons. The Balaban J connectivity index is 1.39. The van der Waals surface area contributed by atoms with Gasteiger partial charge in [-0.25, -0.2) is 0 Å². The van der Waals surface area contributed by atoms with E-state index >= 15 is 0 Å². The molecule has 2 amide bonds. The van der Waals surface area contributed by atoms with Gasteiger partial charge in [0.2, 0.25) is 0 Å². The fraction of sp³-hybridized carbons (Fsp3) is 0.459. The van der Waals surface area contributed by atoms with Crippen LogP contribution in [0.25, 0.3) is 0 Å². The minimum atomic E-state index is -0.354. The lowest BCUT2D eigenvalue weighted by Gasteiger charge is -2.45. The van der Waals surface area contributed by atoms with E-state index in [9.17, 15) is 9.59 Å². The summed E-state index contributed by atoms with van der Waals surface area (Å²) in [4.78, 5) is 33.4. The van der Waals surface area contributed by atoms with Crippen molar-refractivity contribution in [3.8, 4) is 0 Å². The third-order valence-electron chi connectivity index (χ3n) is 8.64. The molecule has 1 aliphatic heterocycles. The van der Waals surface area contributed by atoms with Gasteiger partial charge in [-0.05, 0) is 62.4 Å².